The first-order valence-corrected chi connectivity index (χ1v) is 8.26. The Balaban J connectivity index is 3.29. The van der Waals surface area contributed by atoms with Crippen molar-refractivity contribution < 1.29 is 18.3 Å². The highest BCUT2D eigenvalue weighted by Crippen LogP contribution is 2.30. The number of aliphatic hydroxyl groups is 1. The van der Waals surface area contributed by atoms with Crippen LogP contribution in [0, 0.1) is 0 Å². The minimum atomic E-state index is -3.84. The largest absolute Gasteiger partial charge is 0.392 e. The van der Waals surface area contributed by atoms with Gasteiger partial charge in [0.05, 0.1) is 18.2 Å². The molecule has 118 valence electrons. The third-order valence-corrected chi connectivity index (χ3v) is 5.45. The van der Waals surface area contributed by atoms with Crippen molar-refractivity contribution in [3.05, 3.63) is 40.4 Å². The maximum atomic E-state index is 12.6. The second kappa shape index (κ2) is 8.12. The second-order valence-corrected chi connectivity index (χ2v) is 6.90. The number of aliphatic hydroxyl groups excluding tert-OH is 1. The Hall–Kier alpha value is -0.630. The van der Waals surface area contributed by atoms with Crippen molar-refractivity contribution in [3.63, 3.8) is 0 Å². The van der Waals surface area contributed by atoms with Gasteiger partial charge in [0, 0.05) is 25.2 Å². The molecule has 8 heteroatoms. The lowest BCUT2D eigenvalue weighted by Gasteiger charge is -2.21. The summed E-state index contributed by atoms with van der Waals surface area (Å²) in [6.45, 7) is 3.70. The van der Waals surface area contributed by atoms with Crippen LogP contribution in [-0.4, -0.2) is 44.6 Å². The van der Waals surface area contributed by atoms with Crippen molar-refractivity contribution in [2.75, 3.05) is 26.8 Å². The smallest absolute Gasteiger partial charge is 0.244 e. The fourth-order valence-corrected chi connectivity index (χ4v) is 3.90. The summed E-state index contributed by atoms with van der Waals surface area (Å²) in [6.07, 6.45) is 1.48. The van der Waals surface area contributed by atoms with E-state index >= 15 is 0 Å². The molecule has 0 saturated carbocycles. The van der Waals surface area contributed by atoms with E-state index in [9.17, 15) is 13.5 Å². The molecular formula is C13H17Cl2NO4S. The SMILES string of the molecule is C=CCN(CCOC)S(=O)(=O)c1cc(CO)c(Cl)cc1Cl. The maximum Gasteiger partial charge on any atom is 0.244 e. The highest BCUT2D eigenvalue weighted by Gasteiger charge is 2.26. The summed E-state index contributed by atoms with van der Waals surface area (Å²) in [5.41, 5.74) is 0.296. The molecule has 5 nitrogen and oxygen atoms in total. The van der Waals surface area contributed by atoms with Gasteiger partial charge in [-0.3, -0.25) is 0 Å². The first-order valence-electron chi connectivity index (χ1n) is 6.07. The third-order valence-electron chi connectivity index (χ3n) is 2.77. The number of rotatable bonds is 8. The van der Waals surface area contributed by atoms with E-state index in [2.05, 4.69) is 6.58 Å². The van der Waals surface area contributed by atoms with E-state index < -0.39 is 10.0 Å². The lowest BCUT2D eigenvalue weighted by molar-refractivity contribution is 0.182. The summed E-state index contributed by atoms with van der Waals surface area (Å²) in [7, 11) is -2.35. The Morgan fingerprint density at radius 1 is 1.38 bits per heavy atom. The molecule has 0 aromatic heterocycles. The van der Waals surface area contributed by atoms with Gasteiger partial charge in [0.2, 0.25) is 10.0 Å². The Bertz CT molecular complexity index is 604. The number of sulfonamides is 1. The molecule has 0 heterocycles. The van der Waals surface area contributed by atoms with Gasteiger partial charge < -0.3 is 9.84 Å². The number of halogens is 2. The molecule has 0 radical (unpaired) electrons. The molecule has 0 saturated heterocycles. The number of methoxy groups -OCH3 is 1. The maximum absolute atomic E-state index is 12.6. The van der Waals surface area contributed by atoms with Crippen molar-refractivity contribution >= 4 is 33.2 Å². The van der Waals surface area contributed by atoms with Crippen molar-refractivity contribution in [2.24, 2.45) is 0 Å². The quantitative estimate of drug-likeness (QED) is 0.728. The zero-order chi connectivity index (χ0) is 16.0. The third kappa shape index (κ3) is 4.42. The standard InChI is InChI=1S/C13H17Cl2NO4S/c1-3-4-16(5-6-20-2)21(18,19)13-7-10(9-17)11(14)8-12(13)15/h3,7-8,17H,1,4-6,9H2,2H3. The minimum absolute atomic E-state index is 0.00341. The molecule has 0 aliphatic carbocycles. The van der Waals surface area contributed by atoms with Gasteiger partial charge in [0.15, 0.2) is 0 Å². The van der Waals surface area contributed by atoms with E-state index in [0.29, 0.717) is 5.56 Å². The first-order chi connectivity index (χ1) is 9.88. The summed E-state index contributed by atoms with van der Waals surface area (Å²) in [5.74, 6) is 0. The van der Waals surface area contributed by atoms with Gasteiger partial charge in [-0.25, -0.2) is 8.42 Å². The topological polar surface area (TPSA) is 66.8 Å². The molecule has 1 rings (SSSR count). The molecule has 0 aliphatic heterocycles. The van der Waals surface area contributed by atoms with Gasteiger partial charge in [0.1, 0.15) is 4.90 Å². The summed E-state index contributed by atoms with van der Waals surface area (Å²) in [5, 5.41) is 9.43. The fraction of sp³-hybridized carbons (Fsp3) is 0.385. The molecule has 0 unspecified atom stereocenters. The summed E-state index contributed by atoms with van der Waals surface area (Å²) < 4.78 is 31.4. The average Bonchev–Trinajstić information content (AvgIpc) is 2.43. The molecular weight excluding hydrogens is 337 g/mol. The second-order valence-electron chi connectivity index (χ2n) is 4.18. The zero-order valence-corrected chi connectivity index (χ0v) is 13.9. The van der Waals surface area contributed by atoms with Crippen molar-refractivity contribution in [1.29, 1.82) is 0 Å². The summed E-state index contributed by atoms with van der Waals surface area (Å²) in [6, 6.07) is 2.59. The van der Waals surface area contributed by atoms with Crippen LogP contribution in [0.5, 0.6) is 0 Å². The van der Waals surface area contributed by atoms with E-state index in [1.807, 2.05) is 0 Å². The predicted octanol–water partition coefficient (Wildman–Crippen LogP) is 2.31. The number of hydrogen-bond acceptors (Lipinski definition) is 4. The van der Waals surface area contributed by atoms with Crippen LogP contribution in [0.1, 0.15) is 5.56 Å². The van der Waals surface area contributed by atoms with Gasteiger partial charge in [-0.15, -0.1) is 6.58 Å². The zero-order valence-electron chi connectivity index (χ0n) is 11.6. The lowest BCUT2D eigenvalue weighted by Crippen LogP contribution is -2.34. The summed E-state index contributed by atoms with van der Waals surface area (Å²) >= 11 is 11.9. The van der Waals surface area contributed by atoms with Gasteiger partial charge in [-0.05, 0) is 17.7 Å². The molecule has 0 fully saturated rings. The number of ether oxygens (including phenoxy) is 1. The van der Waals surface area contributed by atoms with Crippen molar-refractivity contribution in [3.8, 4) is 0 Å². The Labute approximate surface area is 134 Å². The van der Waals surface area contributed by atoms with Crippen molar-refractivity contribution in [2.45, 2.75) is 11.5 Å². The van der Waals surface area contributed by atoms with Gasteiger partial charge in [0.25, 0.3) is 0 Å². The Kier molecular flexibility index (Phi) is 7.12. The van der Waals surface area contributed by atoms with Gasteiger partial charge >= 0.3 is 0 Å². The van der Waals surface area contributed by atoms with E-state index in [4.69, 9.17) is 27.9 Å². The number of hydrogen-bond donors (Lipinski definition) is 1. The average molecular weight is 354 g/mol. The molecule has 0 atom stereocenters. The molecule has 1 N–H and O–H groups in total. The van der Waals surface area contributed by atoms with Crippen LogP contribution in [0.15, 0.2) is 29.7 Å². The molecule has 0 amide bonds. The lowest BCUT2D eigenvalue weighted by atomic mass is 10.2. The molecule has 1 aromatic carbocycles. The number of nitrogens with zero attached hydrogens (tertiary/aromatic N) is 1. The van der Waals surface area contributed by atoms with Crippen LogP contribution in [0.4, 0.5) is 0 Å². The Morgan fingerprint density at radius 3 is 2.57 bits per heavy atom. The molecule has 0 bridgehead atoms. The number of benzene rings is 1. The summed E-state index contributed by atoms with van der Waals surface area (Å²) in [4.78, 5) is -0.101. The normalized spacial score (nSPS) is 11.9. The molecule has 0 aliphatic rings. The Morgan fingerprint density at radius 2 is 2.05 bits per heavy atom. The van der Waals surface area contributed by atoms with Crippen LogP contribution in [0.3, 0.4) is 0 Å². The highest BCUT2D eigenvalue weighted by atomic mass is 35.5. The molecule has 1 aromatic rings. The molecule has 21 heavy (non-hydrogen) atoms. The van der Waals surface area contributed by atoms with E-state index in [1.54, 1.807) is 0 Å². The van der Waals surface area contributed by atoms with E-state index in [-0.39, 0.29) is 41.2 Å². The van der Waals surface area contributed by atoms with Gasteiger partial charge in [-0.2, -0.15) is 4.31 Å². The van der Waals surface area contributed by atoms with Crippen LogP contribution >= 0.6 is 23.2 Å². The fourth-order valence-electron chi connectivity index (χ4n) is 1.68. The van der Waals surface area contributed by atoms with Crippen LogP contribution in [0.25, 0.3) is 0 Å². The predicted molar refractivity (Wildman–Crippen MR) is 83.2 cm³/mol. The van der Waals surface area contributed by atoms with Gasteiger partial charge in [-0.1, -0.05) is 29.3 Å². The van der Waals surface area contributed by atoms with Crippen LogP contribution < -0.4 is 0 Å². The van der Waals surface area contributed by atoms with Crippen LogP contribution in [0.2, 0.25) is 10.0 Å². The van der Waals surface area contributed by atoms with Crippen molar-refractivity contribution in [1.82, 2.24) is 4.31 Å². The van der Waals surface area contributed by atoms with E-state index in [1.165, 1.54) is 29.6 Å². The monoisotopic (exact) mass is 353 g/mol. The van der Waals surface area contributed by atoms with E-state index in [0.717, 1.165) is 0 Å². The van der Waals surface area contributed by atoms with Crippen LogP contribution in [-0.2, 0) is 21.4 Å². The minimum Gasteiger partial charge on any atom is -0.392 e. The molecule has 0 spiro atoms. The first kappa shape index (κ1) is 18.4. The highest BCUT2D eigenvalue weighted by molar-refractivity contribution is 7.89.